The predicted octanol–water partition coefficient (Wildman–Crippen LogP) is 3.16. The number of amides is 2. The fraction of sp³-hybridized carbons (Fsp3) is 0.423. The summed E-state index contributed by atoms with van der Waals surface area (Å²) in [5, 5.41) is 14.2. The largest absolute Gasteiger partial charge is 0.480 e. The Hall–Kier alpha value is -3.39. The molecule has 8 heteroatoms. The molecule has 2 atom stereocenters. The molecule has 0 aliphatic heterocycles. The molecule has 2 aromatic carbocycles. The number of ether oxygens (including phenoxy) is 2. The highest BCUT2D eigenvalue weighted by Crippen LogP contribution is 2.44. The quantitative estimate of drug-likeness (QED) is 0.464. The number of fused-ring (bicyclic) bond motifs is 3. The Kier molecular flexibility index (Phi) is 7.80. The lowest BCUT2D eigenvalue weighted by molar-refractivity contribution is -0.142. The second-order valence-corrected chi connectivity index (χ2v) is 8.74. The van der Waals surface area contributed by atoms with Crippen LogP contribution in [0.15, 0.2) is 48.5 Å². The maximum atomic E-state index is 12.5. The lowest BCUT2D eigenvalue weighted by atomic mass is 9.95. The third-order valence-electron chi connectivity index (χ3n) is 6.62. The van der Waals surface area contributed by atoms with Gasteiger partial charge in [-0.25, -0.2) is 9.59 Å². The molecular formula is C26H30N2O6. The van der Waals surface area contributed by atoms with E-state index in [1.54, 1.807) is 0 Å². The first-order valence-electron chi connectivity index (χ1n) is 11.7. The van der Waals surface area contributed by atoms with Gasteiger partial charge in [0.1, 0.15) is 13.2 Å². The number of aliphatic carboxylic acids is 1. The van der Waals surface area contributed by atoms with Crippen LogP contribution < -0.4 is 10.6 Å². The average molecular weight is 467 g/mol. The van der Waals surface area contributed by atoms with Gasteiger partial charge in [0.25, 0.3) is 0 Å². The van der Waals surface area contributed by atoms with Gasteiger partial charge in [-0.2, -0.15) is 0 Å². The predicted molar refractivity (Wildman–Crippen MR) is 125 cm³/mol. The summed E-state index contributed by atoms with van der Waals surface area (Å²) in [7, 11) is 0. The average Bonchev–Trinajstić information content (AvgIpc) is 3.44. The van der Waals surface area contributed by atoms with Gasteiger partial charge in [0, 0.05) is 24.9 Å². The van der Waals surface area contributed by atoms with Gasteiger partial charge in [-0.05, 0) is 41.0 Å². The number of hydrogen-bond donors (Lipinski definition) is 3. The van der Waals surface area contributed by atoms with Crippen LogP contribution in [0.3, 0.4) is 0 Å². The summed E-state index contributed by atoms with van der Waals surface area (Å²) in [6.45, 7) is 0.656. The van der Waals surface area contributed by atoms with Crippen LogP contribution in [0.4, 0.5) is 4.79 Å². The fourth-order valence-corrected chi connectivity index (χ4v) is 5.03. The lowest BCUT2D eigenvalue weighted by Gasteiger charge is -2.20. The SMILES string of the molecule is O=C(O)COCCNC(=O)[C@@H]1CCC[C@@H]1CNC(=O)OCC1c2ccccc2-c2ccccc21. The first-order valence-corrected chi connectivity index (χ1v) is 11.7. The van der Waals surface area contributed by atoms with Crippen LogP contribution in [0.1, 0.15) is 36.3 Å². The van der Waals surface area contributed by atoms with Crippen LogP contribution in [-0.2, 0) is 19.1 Å². The van der Waals surface area contributed by atoms with E-state index in [2.05, 4.69) is 34.9 Å². The molecule has 34 heavy (non-hydrogen) atoms. The van der Waals surface area contributed by atoms with Crippen LogP contribution in [-0.4, -0.2) is 56.0 Å². The Balaban J connectivity index is 1.23. The summed E-state index contributed by atoms with van der Waals surface area (Å²) >= 11 is 0. The van der Waals surface area contributed by atoms with Gasteiger partial charge in [-0.15, -0.1) is 0 Å². The molecule has 2 aliphatic rings. The van der Waals surface area contributed by atoms with Gasteiger partial charge in [0.2, 0.25) is 5.91 Å². The van der Waals surface area contributed by atoms with E-state index in [0.29, 0.717) is 6.54 Å². The second-order valence-electron chi connectivity index (χ2n) is 8.74. The maximum absolute atomic E-state index is 12.5. The summed E-state index contributed by atoms with van der Waals surface area (Å²) in [6.07, 6.45) is 2.07. The third-order valence-corrected chi connectivity index (χ3v) is 6.62. The van der Waals surface area contributed by atoms with Crippen molar-refractivity contribution in [2.24, 2.45) is 11.8 Å². The minimum Gasteiger partial charge on any atom is -0.480 e. The minimum absolute atomic E-state index is 0.00602. The van der Waals surface area contributed by atoms with E-state index in [4.69, 9.17) is 14.6 Å². The topological polar surface area (TPSA) is 114 Å². The van der Waals surface area contributed by atoms with E-state index >= 15 is 0 Å². The molecule has 4 rings (SSSR count). The monoisotopic (exact) mass is 466 g/mol. The highest BCUT2D eigenvalue weighted by atomic mass is 16.5. The van der Waals surface area contributed by atoms with Crippen molar-refractivity contribution < 1.29 is 29.0 Å². The highest BCUT2D eigenvalue weighted by molar-refractivity contribution is 5.80. The number of carbonyl (C=O) groups excluding carboxylic acids is 2. The number of carboxylic acid groups (broad SMARTS) is 1. The molecule has 0 unspecified atom stereocenters. The van der Waals surface area contributed by atoms with Gasteiger partial charge in [-0.1, -0.05) is 55.0 Å². The molecule has 0 heterocycles. The van der Waals surface area contributed by atoms with E-state index < -0.39 is 12.1 Å². The summed E-state index contributed by atoms with van der Waals surface area (Å²) in [5.74, 6) is -1.27. The van der Waals surface area contributed by atoms with Crippen molar-refractivity contribution in [3.63, 3.8) is 0 Å². The maximum Gasteiger partial charge on any atom is 0.407 e. The van der Waals surface area contributed by atoms with Crippen LogP contribution in [0.2, 0.25) is 0 Å². The molecule has 1 saturated carbocycles. The van der Waals surface area contributed by atoms with Gasteiger partial charge < -0.3 is 25.2 Å². The Labute approximate surface area is 198 Å². The summed E-state index contributed by atoms with van der Waals surface area (Å²) < 4.78 is 10.5. The van der Waals surface area contributed by atoms with Crippen molar-refractivity contribution in [1.82, 2.24) is 10.6 Å². The third kappa shape index (κ3) is 5.56. The minimum atomic E-state index is -1.04. The molecule has 0 aromatic heterocycles. The number of benzene rings is 2. The smallest absolute Gasteiger partial charge is 0.407 e. The number of rotatable bonds is 10. The second kappa shape index (κ2) is 11.2. The molecule has 0 bridgehead atoms. The van der Waals surface area contributed by atoms with Crippen molar-refractivity contribution in [2.45, 2.75) is 25.2 Å². The Morgan fingerprint density at radius 2 is 1.62 bits per heavy atom. The zero-order valence-corrected chi connectivity index (χ0v) is 19.0. The number of alkyl carbamates (subject to hydrolysis) is 1. The van der Waals surface area contributed by atoms with Crippen molar-refractivity contribution in [3.05, 3.63) is 59.7 Å². The molecule has 2 aliphatic carbocycles. The van der Waals surface area contributed by atoms with E-state index in [1.807, 2.05) is 24.3 Å². The Morgan fingerprint density at radius 1 is 0.941 bits per heavy atom. The first-order chi connectivity index (χ1) is 16.5. The number of carboxylic acids is 1. The van der Waals surface area contributed by atoms with Crippen LogP contribution in [0.5, 0.6) is 0 Å². The molecular weight excluding hydrogens is 436 g/mol. The normalized spacial score (nSPS) is 18.7. The number of hydrogen-bond acceptors (Lipinski definition) is 5. The van der Waals surface area contributed by atoms with Crippen molar-refractivity contribution >= 4 is 18.0 Å². The van der Waals surface area contributed by atoms with Crippen molar-refractivity contribution in [3.8, 4) is 11.1 Å². The van der Waals surface area contributed by atoms with E-state index in [-0.39, 0.29) is 50.0 Å². The van der Waals surface area contributed by atoms with E-state index in [0.717, 1.165) is 30.4 Å². The van der Waals surface area contributed by atoms with Crippen LogP contribution in [0.25, 0.3) is 11.1 Å². The van der Waals surface area contributed by atoms with Crippen LogP contribution >= 0.6 is 0 Å². The molecule has 180 valence electrons. The molecule has 1 fully saturated rings. The van der Waals surface area contributed by atoms with Crippen molar-refractivity contribution in [1.29, 1.82) is 0 Å². The summed E-state index contributed by atoms with van der Waals surface area (Å²) in [4.78, 5) is 35.4. The van der Waals surface area contributed by atoms with E-state index in [9.17, 15) is 14.4 Å². The van der Waals surface area contributed by atoms with E-state index in [1.165, 1.54) is 11.1 Å². The van der Waals surface area contributed by atoms with Gasteiger partial charge in [0.15, 0.2) is 0 Å². The summed E-state index contributed by atoms with van der Waals surface area (Å²) in [6, 6.07) is 16.4. The highest BCUT2D eigenvalue weighted by Gasteiger charge is 2.33. The van der Waals surface area contributed by atoms with Gasteiger partial charge >= 0.3 is 12.1 Å². The van der Waals surface area contributed by atoms with Gasteiger partial charge in [-0.3, -0.25) is 4.79 Å². The fourth-order valence-electron chi connectivity index (χ4n) is 5.03. The molecule has 0 radical (unpaired) electrons. The first kappa shape index (κ1) is 23.8. The Morgan fingerprint density at radius 3 is 2.29 bits per heavy atom. The summed E-state index contributed by atoms with van der Waals surface area (Å²) in [5.41, 5.74) is 4.69. The zero-order valence-electron chi connectivity index (χ0n) is 19.0. The molecule has 8 nitrogen and oxygen atoms in total. The molecule has 0 saturated heterocycles. The zero-order chi connectivity index (χ0) is 23.9. The molecule has 0 spiro atoms. The molecule has 3 N–H and O–H groups in total. The molecule has 2 amide bonds. The standard InChI is InChI=1S/C26H30N2O6/c29-24(30)16-33-13-12-27-25(31)18-11-5-6-17(18)14-28-26(32)34-15-23-21-9-3-1-7-19(21)20-8-2-4-10-22(20)23/h1-4,7-10,17-18,23H,5-6,11-16H2,(H,27,31)(H,28,32)(H,29,30)/t17-,18-/m1/s1. The van der Waals surface area contributed by atoms with Gasteiger partial charge in [0.05, 0.1) is 6.61 Å². The number of nitrogens with one attached hydrogen (secondary N) is 2. The number of carbonyl (C=O) groups is 3. The molecule has 2 aromatic rings. The lowest BCUT2D eigenvalue weighted by Crippen LogP contribution is -2.39. The van der Waals surface area contributed by atoms with Crippen LogP contribution in [0, 0.1) is 11.8 Å². The van der Waals surface area contributed by atoms with Crippen molar-refractivity contribution in [2.75, 3.05) is 32.9 Å². The Bertz CT molecular complexity index is 994.